The molecule has 0 radical (unpaired) electrons. The van der Waals surface area contributed by atoms with Crippen molar-refractivity contribution in [2.45, 2.75) is 44.8 Å². The molecule has 0 atom stereocenters. The lowest BCUT2D eigenvalue weighted by Gasteiger charge is -2.16. The molecule has 2 rings (SSSR count). The first kappa shape index (κ1) is 17.2. The minimum Gasteiger partial charge on any atom is -0.376 e. The molecule has 0 unspecified atom stereocenters. The summed E-state index contributed by atoms with van der Waals surface area (Å²) in [4.78, 5) is 0. The van der Waals surface area contributed by atoms with Gasteiger partial charge in [0.25, 0.3) is 0 Å². The molecule has 0 saturated heterocycles. The van der Waals surface area contributed by atoms with Crippen molar-refractivity contribution in [3.05, 3.63) is 17.0 Å². The summed E-state index contributed by atoms with van der Waals surface area (Å²) in [6.07, 6.45) is -4.22. The Morgan fingerprint density at radius 1 is 1.41 bits per heavy atom. The number of nitrogens with one attached hydrogen (secondary N) is 1. The second-order valence-corrected chi connectivity index (χ2v) is 7.61. The predicted octanol–water partition coefficient (Wildman–Crippen LogP) is 1.30. The molecule has 2 heterocycles. The van der Waals surface area contributed by atoms with Crippen LogP contribution in [-0.2, 0) is 40.5 Å². The summed E-state index contributed by atoms with van der Waals surface area (Å²) < 4.78 is 70.8. The van der Waals surface area contributed by atoms with Crippen LogP contribution in [0.25, 0.3) is 0 Å². The summed E-state index contributed by atoms with van der Waals surface area (Å²) in [6.45, 7) is 3.29. The second-order valence-electron chi connectivity index (χ2n) is 5.29. The molecule has 10 heteroatoms. The van der Waals surface area contributed by atoms with Gasteiger partial charge in [-0.1, -0.05) is 0 Å². The molecule has 0 saturated carbocycles. The molecule has 1 aliphatic rings. The van der Waals surface area contributed by atoms with E-state index in [0.717, 1.165) is 0 Å². The second kappa shape index (κ2) is 6.17. The SMILES string of the molecule is CC(C)S(=O)(=O)NCCn1nc(C(F)(F)F)c2c1CCOC2. The molecule has 1 aromatic rings. The highest BCUT2D eigenvalue weighted by Crippen LogP contribution is 2.34. The first-order chi connectivity index (χ1) is 10.1. The zero-order valence-corrected chi connectivity index (χ0v) is 13.1. The van der Waals surface area contributed by atoms with Gasteiger partial charge in [0.15, 0.2) is 5.69 Å². The molecule has 0 spiro atoms. The third kappa shape index (κ3) is 3.61. The smallest absolute Gasteiger partial charge is 0.376 e. The van der Waals surface area contributed by atoms with Crippen molar-refractivity contribution < 1.29 is 26.3 Å². The largest absolute Gasteiger partial charge is 0.435 e. The van der Waals surface area contributed by atoms with E-state index in [1.807, 2.05) is 0 Å². The van der Waals surface area contributed by atoms with E-state index >= 15 is 0 Å². The lowest BCUT2D eigenvalue weighted by molar-refractivity contribution is -0.142. The van der Waals surface area contributed by atoms with Crippen molar-refractivity contribution in [2.24, 2.45) is 0 Å². The summed E-state index contributed by atoms with van der Waals surface area (Å²) in [7, 11) is -3.45. The van der Waals surface area contributed by atoms with Crippen LogP contribution in [0, 0.1) is 0 Å². The molecule has 0 fully saturated rings. The third-order valence-electron chi connectivity index (χ3n) is 3.41. The van der Waals surface area contributed by atoms with Crippen molar-refractivity contribution in [3.63, 3.8) is 0 Å². The van der Waals surface area contributed by atoms with Gasteiger partial charge in [-0.2, -0.15) is 18.3 Å². The van der Waals surface area contributed by atoms with Crippen LogP contribution in [0.3, 0.4) is 0 Å². The number of halogens is 3. The summed E-state index contributed by atoms with van der Waals surface area (Å²) >= 11 is 0. The van der Waals surface area contributed by atoms with Gasteiger partial charge >= 0.3 is 6.18 Å². The Morgan fingerprint density at radius 3 is 2.68 bits per heavy atom. The average molecular weight is 341 g/mol. The van der Waals surface area contributed by atoms with Gasteiger partial charge in [0, 0.05) is 24.2 Å². The normalized spacial score (nSPS) is 16.1. The number of ether oxygens (including phenoxy) is 1. The molecule has 1 aliphatic heterocycles. The number of sulfonamides is 1. The monoisotopic (exact) mass is 341 g/mol. The summed E-state index contributed by atoms with van der Waals surface area (Å²) in [5.74, 6) is 0. The standard InChI is InChI=1S/C12H18F3N3O3S/c1-8(2)22(19,20)16-4-5-18-10-3-6-21-7-9(10)11(17-18)12(13,14)15/h8,16H,3-7H2,1-2H3. The summed E-state index contributed by atoms with van der Waals surface area (Å²) in [5.41, 5.74) is -0.443. The van der Waals surface area contributed by atoms with Crippen LogP contribution in [0.4, 0.5) is 13.2 Å². The lowest BCUT2D eigenvalue weighted by atomic mass is 10.1. The fraction of sp³-hybridized carbons (Fsp3) is 0.750. The minimum absolute atomic E-state index is 0.00716. The number of fused-ring (bicyclic) bond motifs is 1. The van der Waals surface area contributed by atoms with Crippen LogP contribution in [0.15, 0.2) is 0 Å². The first-order valence-corrected chi connectivity index (χ1v) is 8.39. The zero-order chi connectivity index (χ0) is 16.5. The Bertz CT molecular complexity index is 638. The molecule has 0 aliphatic carbocycles. The zero-order valence-electron chi connectivity index (χ0n) is 12.3. The minimum atomic E-state index is -4.55. The topological polar surface area (TPSA) is 73.2 Å². The van der Waals surface area contributed by atoms with Crippen LogP contribution in [0.5, 0.6) is 0 Å². The van der Waals surface area contributed by atoms with Gasteiger partial charge in [-0.25, -0.2) is 13.1 Å². The molecule has 0 aromatic carbocycles. The van der Waals surface area contributed by atoms with Gasteiger partial charge in [0.2, 0.25) is 10.0 Å². The van der Waals surface area contributed by atoms with Crippen molar-refractivity contribution in [1.29, 1.82) is 0 Å². The van der Waals surface area contributed by atoms with Gasteiger partial charge in [-0.3, -0.25) is 4.68 Å². The fourth-order valence-electron chi connectivity index (χ4n) is 2.18. The van der Waals surface area contributed by atoms with Gasteiger partial charge < -0.3 is 4.74 Å². The maximum absolute atomic E-state index is 13.0. The summed E-state index contributed by atoms with van der Waals surface area (Å²) in [6, 6.07) is 0. The molecule has 0 bridgehead atoms. The van der Waals surface area contributed by atoms with E-state index in [1.165, 1.54) is 18.5 Å². The highest BCUT2D eigenvalue weighted by atomic mass is 32.2. The predicted molar refractivity (Wildman–Crippen MR) is 72.6 cm³/mol. The van der Waals surface area contributed by atoms with E-state index < -0.39 is 27.1 Å². The van der Waals surface area contributed by atoms with Crippen LogP contribution in [0.2, 0.25) is 0 Å². The van der Waals surface area contributed by atoms with E-state index in [0.29, 0.717) is 18.7 Å². The summed E-state index contributed by atoms with van der Waals surface area (Å²) in [5, 5.41) is 3.01. The molecule has 22 heavy (non-hydrogen) atoms. The molecular weight excluding hydrogens is 323 g/mol. The first-order valence-electron chi connectivity index (χ1n) is 6.85. The number of hydrogen-bond donors (Lipinski definition) is 1. The van der Waals surface area contributed by atoms with E-state index in [2.05, 4.69) is 9.82 Å². The van der Waals surface area contributed by atoms with E-state index in [4.69, 9.17) is 4.74 Å². The molecule has 6 nitrogen and oxygen atoms in total. The molecule has 0 amide bonds. The van der Waals surface area contributed by atoms with Crippen molar-refractivity contribution in [2.75, 3.05) is 13.2 Å². The van der Waals surface area contributed by atoms with Crippen LogP contribution in [0.1, 0.15) is 30.8 Å². The number of hydrogen-bond acceptors (Lipinski definition) is 4. The van der Waals surface area contributed by atoms with E-state index in [-0.39, 0.29) is 25.3 Å². The highest BCUT2D eigenvalue weighted by molar-refractivity contribution is 7.90. The van der Waals surface area contributed by atoms with E-state index in [9.17, 15) is 21.6 Å². The molecule has 1 aromatic heterocycles. The Labute approximate surface area is 126 Å². The van der Waals surface area contributed by atoms with Crippen LogP contribution < -0.4 is 4.72 Å². The van der Waals surface area contributed by atoms with Gasteiger partial charge in [0.1, 0.15) is 0 Å². The van der Waals surface area contributed by atoms with Crippen LogP contribution in [-0.4, -0.2) is 36.6 Å². The lowest BCUT2D eigenvalue weighted by Crippen LogP contribution is -2.33. The number of aromatic nitrogens is 2. The number of nitrogens with zero attached hydrogens (tertiary/aromatic N) is 2. The highest BCUT2D eigenvalue weighted by Gasteiger charge is 2.39. The quantitative estimate of drug-likeness (QED) is 0.876. The maximum Gasteiger partial charge on any atom is 0.435 e. The Morgan fingerprint density at radius 2 is 2.09 bits per heavy atom. The van der Waals surface area contributed by atoms with Crippen molar-refractivity contribution >= 4 is 10.0 Å². The van der Waals surface area contributed by atoms with Crippen LogP contribution >= 0.6 is 0 Å². The fourth-order valence-corrected chi connectivity index (χ4v) is 2.89. The Balaban J connectivity index is 2.17. The van der Waals surface area contributed by atoms with Gasteiger partial charge in [-0.15, -0.1) is 0 Å². The maximum atomic E-state index is 13.0. The Hall–Kier alpha value is -1.13. The number of alkyl halides is 3. The average Bonchev–Trinajstić information content (AvgIpc) is 2.78. The molecular formula is C12H18F3N3O3S. The molecule has 1 N–H and O–H groups in total. The van der Waals surface area contributed by atoms with Crippen molar-refractivity contribution in [3.8, 4) is 0 Å². The third-order valence-corrected chi connectivity index (χ3v) is 5.26. The van der Waals surface area contributed by atoms with Gasteiger partial charge in [-0.05, 0) is 13.8 Å². The number of rotatable bonds is 5. The van der Waals surface area contributed by atoms with Crippen molar-refractivity contribution in [1.82, 2.24) is 14.5 Å². The van der Waals surface area contributed by atoms with Gasteiger partial charge in [0.05, 0.1) is 25.0 Å². The molecule has 126 valence electrons. The Kier molecular flexibility index (Phi) is 4.83. The van der Waals surface area contributed by atoms with E-state index in [1.54, 1.807) is 0 Å².